The van der Waals surface area contributed by atoms with Gasteiger partial charge in [0.25, 0.3) is 0 Å². The van der Waals surface area contributed by atoms with Gasteiger partial charge in [-0.3, -0.25) is 4.79 Å². The van der Waals surface area contributed by atoms with Crippen molar-refractivity contribution in [3.05, 3.63) is 11.7 Å². The van der Waals surface area contributed by atoms with E-state index in [0.717, 1.165) is 0 Å². The summed E-state index contributed by atoms with van der Waals surface area (Å²) in [5.74, 6) is -2.60. The molecule has 1 rings (SSSR count). The van der Waals surface area contributed by atoms with Gasteiger partial charge in [-0.15, -0.1) is 0 Å². The standard InChI is InChI=1S/C10H14N4O7/c1-4(15)8(9(18)19)13-10(20)11-3-6-12-5(14-21-6)2-7(16)17/h4,8,15H,2-3H2,1H3,(H,16,17)(H,18,19)(H2,11,13,20). The van der Waals surface area contributed by atoms with E-state index >= 15 is 0 Å². The van der Waals surface area contributed by atoms with Gasteiger partial charge in [0.05, 0.1) is 12.6 Å². The molecule has 11 nitrogen and oxygen atoms in total. The summed E-state index contributed by atoms with van der Waals surface area (Å²) in [4.78, 5) is 36.3. The second-order valence-corrected chi connectivity index (χ2v) is 4.06. The molecule has 0 aromatic carbocycles. The molecule has 11 heteroatoms. The zero-order valence-electron chi connectivity index (χ0n) is 10.9. The minimum Gasteiger partial charge on any atom is -0.481 e. The predicted octanol–water partition coefficient (Wildman–Crippen LogP) is -1.67. The number of aliphatic hydroxyl groups excluding tert-OH is 1. The molecular formula is C10H14N4O7. The molecule has 0 radical (unpaired) electrons. The summed E-state index contributed by atoms with van der Waals surface area (Å²) < 4.78 is 4.68. The van der Waals surface area contributed by atoms with Crippen molar-refractivity contribution in [2.75, 3.05) is 0 Å². The summed E-state index contributed by atoms with van der Waals surface area (Å²) in [7, 11) is 0. The summed E-state index contributed by atoms with van der Waals surface area (Å²) in [6.45, 7) is 1.000. The van der Waals surface area contributed by atoms with Crippen LogP contribution in [0.5, 0.6) is 0 Å². The van der Waals surface area contributed by atoms with Crippen LogP contribution in [-0.2, 0) is 22.6 Å². The van der Waals surface area contributed by atoms with E-state index in [-0.39, 0.29) is 18.3 Å². The van der Waals surface area contributed by atoms with E-state index in [9.17, 15) is 19.5 Å². The van der Waals surface area contributed by atoms with E-state index in [2.05, 4.69) is 20.0 Å². The third-order valence-electron chi connectivity index (χ3n) is 2.25. The van der Waals surface area contributed by atoms with Crippen LogP contribution in [0, 0.1) is 0 Å². The van der Waals surface area contributed by atoms with E-state index in [0.29, 0.717) is 0 Å². The van der Waals surface area contributed by atoms with Crippen molar-refractivity contribution in [1.29, 1.82) is 0 Å². The molecule has 116 valence electrons. The number of amides is 2. The van der Waals surface area contributed by atoms with Crippen LogP contribution in [0.1, 0.15) is 18.6 Å². The zero-order valence-corrected chi connectivity index (χ0v) is 10.9. The predicted molar refractivity (Wildman–Crippen MR) is 64.1 cm³/mol. The van der Waals surface area contributed by atoms with Crippen molar-refractivity contribution in [3.63, 3.8) is 0 Å². The van der Waals surface area contributed by atoms with Crippen molar-refractivity contribution in [3.8, 4) is 0 Å². The van der Waals surface area contributed by atoms with Crippen molar-refractivity contribution in [1.82, 2.24) is 20.8 Å². The number of carbonyl (C=O) groups excluding carboxylic acids is 1. The smallest absolute Gasteiger partial charge is 0.328 e. The summed E-state index contributed by atoms with van der Waals surface area (Å²) in [5.41, 5.74) is 0. The molecule has 5 N–H and O–H groups in total. The Bertz CT molecular complexity index is 527. The molecule has 2 unspecified atom stereocenters. The first-order chi connectivity index (χ1) is 9.79. The number of nitrogens with zero attached hydrogens (tertiary/aromatic N) is 2. The molecule has 0 aliphatic carbocycles. The fraction of sp³-hybridized carbons (Fsp3) is 0.500. The topological polar surface area (TPSA) is 175 Å². The van der Waals surface area contributed by atoms with E-state index in [4.69, 9.17) is 10.2 Å². The Morgan fingerprint density at radius 2 is 2.00 bits per heavy atom. The number of hydrogen-bond acceptors (Lipinski definition) is 7. The maximum absolute atomic E-state index is 11.4. The van der Waals surface area contributed by atoms with Crippen molar-refractivity contribution in [2.24, 2.45) is 0 Å². The monoisotopic (exact) mass is 302 g/mol. The minimum atomic E-state index is -1.46. The maximum atomic E-state index is 11.4. The number of aromatic nitrogens is 2. The molecule has 0 saturated heterocycles. The second kappa shape index (κ2) is 7.19. The first-order valence-electron chi connectivity index (χ1n) is 5.78. The number of carboxylic acids is 2. The number of hydrogen-bond donors (Lipinski definition) is 5. The van der Waals surface area contributed by atoms with Gasteiger partial charge in [0.15, 0.2) is 11.9 Å². The Balaban J connectivity index is 2.47. The summed E-state index contributed by atoms with van der Waals surface area (Å²) >= 11 is 0. The molecule has 2 amide bonds. The van der Waals surface area contributed by atoms with Crippen LogP contribution in [-0.4, -0.2) is 55.6 Å². The first kappa shape index (κ1) is 16.4. The Morgan fingerprint density at radius 1 is 1.33 bits per heavy atom. The maximum Gasteiger partial charge on any atom is 0.328 e. The van der Waals surface area contributed by atoms with Gasteiger partial charge in [-0.05, 0) is 6.92 Å². The summed E-state index contributed by atoms with van der Waals surface area (Å²) in [6.07, 6.45) is -1.70. The lowest BCUT2D eigenvalue weighted by Crippen LogP contribution is -2.51. The van der Waals surface area contributed by atoms with Crippen molar-refractivity contribution < 1.29 is 34.2 Å². The number of aliphatic carboxylic acids is 2. The Morgan fingerprint density at radius 3 is 2.52 bits per heavy atom. The van der Waals surface area contributed by atoms with Crippen LogP contribution in [0.15, 0.2) is 4.52 Å². The lowest BCUT2D eigenvalue weighted by molar-refractivity contribution is -0.141. The zero-order chi connectivity index (χ0) is 16.0. The Hall–Kier alpha value is -2.69. The number of carboxylic acid groups (broad SMARTS) is 2. The van der Waals surface area contributed by atoms with E-state index in [1.54, 1.807) is 0 Å². The molecule has 21 heavy (non-hydrogen) atoms. The highest BCUT2D eigenvalue weighted by Crippen LogP contribution is 1.98. The van der Waals surface area contributed by atoms with Crippen LogP contribution in [0.4, 0.5) is 4.79 Å². The van der Waals surface area contributed by atoms with E-state index in [1.165, 1.54) is 6.92 Å². The van der Waals surface area contributed by atoms with Crippen LogP contribution in [0.3, 0.4) is 0 Å². The molecule has 2 atom stereocenters. The van der Waals surface area contributed by atoms with Gasteiger partial charge in [0.2, 0.25) is 5.89 Å². The average molecular weight is 302 g/mol. The first-order valence-corrected chi connectivity index (χ1v) is 5.78. The molecule has 1 aromatic rings. The van der Waals surface area contributed by atoms with Crippen LogP contribution in [0.2, 0.25) is 0 Å². The van der Waals surface area contributed by atoms with Crippen LogP contribution < -0.4 is 10.6 Å². The van der Waals surface area contributed by atoms with Crippen molar-refractivity contribution >= 4 is 18.0 Å². The quantitative estimate of drug-likeness (QED) is 0.394. The minimum absolute atomic E-state index is 0.0367. The van der Waals surface area contributed by atoms with Gasteiger partial charge in [-0.25, -0.2) is 9.59 Å². The van der Waals surface area contributed by atoms with Gasteiger partial charge in [-0.1, -0.05) is 5.16 Å². The van der Waals surface area contributed by atoms with Gasteiger partial charge in [0, 0.05) is 0 Å². The second-order valence-electron chi connectivity index (χ2n) is 4.06. The third-order valence-corrected chi connectivity index (χ3v) is 2.25. The number of rotatable bonds is 7. The van der Waals surface area contributed by atoms with Gasteiger partial charge in [-0.2, -0.15) is 4.98 Å². The Kier molecular flexibility index (Phi) is 5.60. The molecule has 0 spiro atoms. The number of urea groups is 1. The van der Waals surface area contributed by atoms with Gasteiger partial charge in [0.1, 0.15) is 6.42 Å². The summed E-state index contributed by atoms with van der Waals surface area (Å²) in [5, 5.41) is 34.1. The average Bonchev–Trinajstić information content (AvgIpc) is 2.79. The molecule has 0 saturated carbocycles. The molecule has 1 heterocycles. The van der Waals surface area contributed by atoms with E-state index < -0.39 is 36.5 Å². The molecule has 1 aromatic heterocycles. The van der Waals surface area contributed by atoms with Crippen LogP contribution in [0.25, 0.3) is 0 Å². The third kappa shape index (κ3) is 5.44. The summed E-state index contributed by atoms with van der Waals surface area (Å²) in [6, 6.07) is -2.32. The highest BCUT2D eigenvalue weighted by Gasteiger charge is 2.25. The molecule has 0 bridgehead atoms. The van der Waals surface area contributed by atoms with Crippen molar-refractivity contribution in [2.45, 2.75) is 32.0 Å². The lowest BCUT2D eigenvalue weighted by atomic mass is 10.2. The van der Waals surface area contributed by atoms with Gasteiger partial charge >= 0.3 is 18.0 Å². The van der Waals surface area contributed by atoms with Crippen LogP contribution >= 0.6 is 0 Å². The number of aliphatic hydroxyl groups is 1. The van der Waals surface area contributed by atoms with E-state index in [1.807, 2.05) is 5.32 Å². The normalized spacial score (nSPS) is 13.2. The molecular weight excluding hydrogens is 288 g/mol. The highest BCUT2D eigenvalue weighted by molar-refractivity contribution is 5.82. The molecule has 0 aliphatic rings. The SMILES string of the molecule is CC(O)C(NC(=O)NCc1nc(CC(=O)O)no1)C(=O)O. The fourth-order valence-electron chi connectivity index (χ4n) is 1.31. The number of carbonyl (C=O) groups is 3. The molecule has 0 aliphatic heterocycles. The highest BCUT2D eigenvalue weighted by atomic mass is 16.5. The Labute approximate surface area is 118 Å². The number of nitrogens with one attached hydrogen (secondary N) is 2. The fourth-order valence-corrected chi connectivity index (χ4v) is 1.31. The largest absolute Gasteiger partial charge is 0.481 e. The lowest BCUT2D eigenvalue weighted by Gasteiger charge is -2.16. The molecule has 0 fully saturated rings. The van der Waals surface area contributed by atoms with Gasteiger partial charge < -0.3 is 30.5 Å².